The molecule has 2 rings (SSSR count). The van der Waals surface area contributed by atoms with E-state index < -0.39 is 11.6 Å². The van der Waals surface area contributed by atoms with Crippen LogP contribution in [0.25, 0.3) is 0 Å². The van der Waals surface area contributed by atoms with E-state index in [4.69, 9.17) is 9.63 Å². The van der Waals surface area contributed by atoms with Crippen LogP contribution in [0.1, 0.15) is 18.5 Å². The molecule has 1 N–H and O–H groups in total. The summed E-state index contributed by atoms with van der Waals surface area (Å²) in [5.74, 6) is 0. The Morgan fingerprint density at radius 1 is 1.77 bits per heavy atom. The van der Waals surface area contributed by atoms with Crippen molar-refractivity contribution in [2.24, 2.45) is 0 Å². The van der Waals surface area contributed by atoms with Crippen LogP contribution in [0.15, 0.2) is 16.9 Å². The summed E-state index contributed by atoms with van der Waals surface area (Å²) in [5, 5.41) is 12.6. The summed E-state index contributed by atoms with van der Waals surface area (Å²) >= 11 is 0. The number of aromatic nitrogens is 1. The van der Waals surface area contributed by atoms with Crippen molar-refractivity contribution in [2.45, 2.75) is 18.4 Å². The third-order valence-electron chi connectivity index (χ3n) is 2.57. The highest BCUT2D eigenvalue weighted by molar-refractivity contribution is 5.66. The van der Waals surface area contributed by atoms with Crippen molar-refractivity contribution < 1.29 is 14.4 Å². The first-order chi connectivity index (χ1) is 6.17. The molecule has 0 spiro atoms. The molecule has 1 fully saturated rings. The Kier molecular flexibility index (Phi) is 1.55. The summed E-state index contributed by atoms with van der Waals surface area (Å²) in [6.07, 6.45) is 2.18. The first-order valence-electron chi connectivity index (χ1n) is 4.04. The highest BCUT2D eigenvalue weighted by Crippen LogP contribution is 2.49. The Balaban J connectivity index is 2.27. The second-order valence-corrected chi connectivity index (χ2v) is 3.26. The number of rotatable bonds is 2. The van der Waals surface area contributed by atoms with Crippen LogP contribution in [-0.2, 0) is 5.54 Å². The van der Waals surface area contributed by atoms with E-state index in [1.54, 1.807) is 13.1 Å². The summed E-state index contributed by atoms with van der Waals surface area (Å²) < 4.78 is 4.70. The fraction of sp³-hybridized carbons (Fsp3) is 0.500. The normalized spacial score (nSPS) is 18.2. The lowest BCUT2D eigenvalue weighted by molar-refractivity contribution is 0.129. The Morgan fingerprint density at radius 2 is 2.46 bits per heavy atom. The van der Waals surface area contributed by atoms with E-state index in [0.29, 0.717) is 5.69 Å². The van der Waals surface area contributed by atoms with Crippen LogP contribution in [0.3, 0.4) is 0 Å². The molecular weight excluding hydrogens is 172 g/mol. The van der Waals surface area contributed by atoms with Gasteiger partial charge in [0.2, 0.25) is 0 Å². The maximum absolute atomic E-state index is 10.7. The van der Waals surface area contributed by atoms with Crippen LogP contribution in [0.4, 0.5) is 4.79 Å². The van der Waals surface area contributed by atoms with Crippen LogP contribution >= 0.6 is 0 Å². The molecule has 13 heavy (non-hydrogen) atoms. The van der Waals surface area contributed by atoms with Gasteiger partial charge >= 0.3 is 6.09 Å². The number of hydrogen-bond acceptors (Lipinski definition) is 3. The van der Waals surface area contributed by atoms with Gasteiger partial charge < -0.3 is 9.63 Å². The van der Waals surface area contributed by atoms with Crippen molar-refractivity contribution >= 4 is 6.09 Å². The van der Waals surface area contributed by atoms with Crippen LogP contribution in [-0.4, -0.2) is 28.3 Å². The lowest BCUT2D eigenvalue weighted by Gasteiger charge is -2.22. The van der Waals surface area contributed by atoms with Gasteiger partial charge in [-0.05, 0) is 12.8 Å². The molecular formula is C8H10N2O3. The topological polar surface area (TPSA) is 66.6 Å². The molecule has 5 nitrogen and oxygen atoms in total. The summed E-state index contributed by atoms with van der Waals surface area (Å²) in [6.45, 7) is 0. The molecule has 0 aliphatic heterocycles. The Morgan fingerprint density at radius 3 is 2.85 bits per heavy atom. The van der Waals surface area contributed by atoms with Crippen LogP contribution in [0.2, 0.25) is 0 Å². The predicted octanol–water partition coefficient (Wildman–Crippen LogP) is 1.27. The van der Waals surface area contributed by atoms with Crippen molar-refractivity contribution in [1.82, 2.24) is 10.1 Å². The summed E-state index contributed by atoms with van der Waals surface area (Å²) in [7, 11) is 1.56. The highest BCUT2D eigenvalue weighted by Gasteiger charge is 2.52. The lowest BCUT2D eigenvalue weighted by Crippen LogP contribution is -2.36. The van der Waals surface area contributed by atoms with Crippen LogP contribution in [0.5, 0.6) is 0 Å². The van der Waals surface area contributed by atoms with E-state index in [2.05, 4.69) is 5.16 Å². The molecule has 1 aromatic rings. The average molecular weight is 182 g/mol. The van der Waals surface area contributed by atoms with Gasteiger partial charge in [0.05, 0.1) is 5.54 Å². The fourth-order valence-electron chi connectivity index (χ4n) is 1.52. The minimum absolute atomic E-state index is 0.418. The molecule has 0 unspecified atom stereocenters. The van der Waals surface area contributed by atoms with Gasteiger partial charge in [0.15, 0.2) is 0 Å². The van der Waals surface area contributed by atoms with Crippen LogP contribution in [0, 0.1) is 0 Å². The molecule has 0 radical (unpaired) electrons. The van der Waals surface area contributed by atoms with Gasteiger partial charge in [-0.1, -0.05) is 5.16 Å². The number of carbonyl (C=O) groups is 1. The van der Waals surface area contributed by atoms with Gasteiger partial charge in [-0.15, -0.1) is 0 Å². The second kappa shape index (κ2) is 2.48. The van der Waals surface area contributed by atoms with Gasteiger partial charge in [-0.2, -0.15) is 0 Å². The zero-order valence-electron chi connectivity index (χ0n) is 7.23. The summed E-state index contributed by atoms with van der Waals surface area (Å²) in [5.41, 5.74) is 0.288. The number of hydrogen-bond donors (Lipinski definition) is 1. The van der Waals surface area contributed by atoms with Crippen molar-refractivity contribution in [3.05, 3.63) is 18.0 Å². The largest absolute Gasteiger partial charge is 0.465 e. The zero-order chi connectivity index (χ0) is 9.47. The summed E-state index contributed by atoms with van der Waals surface area (Å²) in [6, 6.07) is 1.71. The first-order valence-corrected chi connectivity index (χ1v) is 4.04. The maximum atomic E-state index is 10.7. The molecule has 1 aliphatic carbocycles. The maximum Gasteiger partial charge on any atom is 0.407 e. The monoisotopic (exact) mass is 182 g/mol. The highest BCUT2D eigenvalue weighted by atomic mass is 16.5. The molecule has 0 aromatic carbocycles. The minimum atomic E-state index is -0.930. The van der Waals surface area contributed by atoms with Gasteiger partial charge in [0.1, 0.15) is 12.0 Å². The Labute approximate surface area is 74.9 Å². The van der Waals surface area contributed by atoms with Gasteiger partial charge in [-0.3, -0.25) is 4.90 Å². The third kappa shape index (κ3) is 1.07. The van der Waals surface area contributed by atoms with Crippen molar-refractivity contribution in [3.8, 4) is 0 Å². The van der Waals surface area contributed by atoms with Gasteiger partial charge in [0, 0.05) is 13.1 Å². The zero-order valence-corrected chi connectivity index (χ0v) is 7.23. The standard InChI is InChI=1S/C8H10N2O3/c1-10(7(11)12)8(3-4-8)6-2-5-13-9-6/h2,5H,3-4H2,1H3,(H,11,12). The smallest absolute Gasteiger partial charge is 0.407 e. The van der Waals surface area contributed by atoms with Crippen LogP contribution < -0.4 is 0 Å². The van der Waals surface area contributed by atoms with E-state index in [1.165, 1.54) is 11.2 Å². The number of carboxylic acid groups (broad SMARTS) is 1. The third-order valence-corrected chi connectivity index (χ3v) is 2.57. The minimum Gasteiger partial charge on any atom is -0.465 e. The van der Waals surface area contributed by atoms with E-state index in [0.717, 1.165) is 12.8 Å². The van der Waals surface area contributed by atoms with Crippen molar-refractivity contribution in [3.63, 3.8) is 0 Å². The predicted molar refractivity (Wildman–Crippen MR) is 43.2 cm³/mol. The molecule has 0 bridgehead atoms. The second-order valence-electron chi connectivity index (χ2n) is 3.26. The molecule has 1 amide bonds. The SMILES string of the molecule is CN(C(=O)O)C1(c2ccon2)CC1. The molecule has 1 saturated carbocycles. The van der Waals surface area contributed by atoms with Crippen molar-refractivity contribution in [2.75, 3.05) is 7.05 Å². The van der Waals surface area contributed by atoms with E-state index in [1.807, 2.05) is 0 Å². The van der Waals surface area contributed by atoms with E-state index in [9.17, 15) is 4.79 Å². The van der Waals surface area contributed by atoms with E-state index in [-0.39, 0.29) is 0 Å². The molecule has 1 aliphatic rings. The quantitative estimate of drug-likeness (QED) is 0.747. The molecule has 70 valence electrons. The first kappa shape index (κ1) is 8.10. The molecule has 1 heterocycles. The number of amides is 1. The fourth-order valence-corrected chi connectivity index (χ4v) is 1.52. The Bertz CT molecular complexity index is 316. The van der Waals surface area contributed by atoms with Gasteiger partial charge in [-0.25, -0.2) is 4.79 Å². The lowest BCUT2D eigenvalue weighted by atomic mass is 10.1. The number of nitrogens with zero attached hydrogens (tertiary/aromatic N) is 2. The molecule has 5 heteroatoms. The van der Waals surface area contributed by atoms with E-state index >= 15 is 0 Å². The van der Waals surface area contributed by atoms with Crippen molar-refractivity contribution in [1.29, 1.82) is 0 Å². The Hall–Kier alpha value is -1.52. The molecule has 0 saturated heterocycles. The molecule has 1 aromatic heterocycles. The molecule has 0 atom stereocenters. The summed E-state index contributed by atoms with van der Waals surface area (Å²) in [4.78, 5) is 12.0. The van der Waals surface area contributed by atoms with Gasteiger partial charge in [0.25, 0.3) is 0 Å². The average Bonchev–Trinajstić information content (AvgIpc) is 2.72.